The van der Waals surface area contributed by atoms with Gasteiger partial charge in [0.25, 0.3) is 0 Å². The third kappa shape index (κ3) is 4.55. The molecule has 6 nitrogen and oxygen atoms in total. The Hall–Kier alpha value is -2.44. The van der Waals surface area contributed by atoms with Gasteiger partial charge < -0.3 is 20.6 Å². The summed E-state index contributed by atoms with van der Waals surface area (Å²) in [6.07, 6.45) is 1.78. The summed E-state index contributed by atoms with van der Waals surface area (Å²) in [6.45, 7) is 1.63. The van der Waals surface area contributed by atoms with Crippen LogP contribution in [0.1, 0.15) is 17.5 Å². The molecule has 3 N–H and O–H groups in total. The van der Waals surface area contributed by atoms with Crippen molar-refractivity contribution in [2.75, 3.05) is 18.5 Å². The molecule has 3 rings (SSSR count). The quantitative estimate of drug-likeness (QED) is 0.733. The smallest absolute Gasteiger partial charge is 0.237 e. The van der Waals surface area contributed by atoms with Gasteiger partial charge in [0, 0.05) is 38.4 Å². The van der Waals surface area contributed by atoms with Crippen LogP contribution in [0.25, 0.3) is 0 Å². The number of β-amino-alcohol motifs (C(OH)–C–C–N with tert-alkyl or cyclic N) is 1. The normalized spacial score (nSPS) is 19.6. The number of aliphatic hydroxyl groups is 1. The standard InChI is InChI=1S/C19H24N4O2/c1-23(13-14-6-3-2-4-7-14)18-15(8-5-9-20-18)11-22-19(25)17-10-16(24)12-21-17/h2-9,16-17,21,24H,10-13H2,1H3,(H,22,25)/t16-,17+/m1/s1. The summed E-state index contributed by atoms with van der Waals surface area (Å²) in [5.41, 5.74) is 2.17. The van der Waals surface area contributed by atoms with E-state index in [-0.39, 0.29) is 11.9 Å². The number of aromatic nitrogens is 1. The highest BCUT2D eigenvalue weighted by atomic mass is 16.3. The van der Waals surface area contributed by atoms with Crippen molar-refractivity contribution in [2.45, 2.75) is 31.7 Å². The van der Waals surface area contributed by atoms with Gasteiger partial charge in [-0.25, -0.2) is 4.98 Å². The monoisotopic (exact) mass is 340 g/mol. The van der Waals surface area contributed by atoms with Crippen LogP contribution in [-0.4, -0.2) is 41.7 Å². The summed E-state index contributed by atoms with van der Waals surface area (Å²) in [6, 6.07) is 13.7. The second-order valence-electron chi connectivity index (χ2n) is 6.40. The molecule has 1 fully saturated rings. The Morgan fingerprint density at radius 1 is 1.32 bits per heavy atom. The van der Waals surface area contributed by atoms with Crippen LogP contribution >= 0.6 is 0 Å². The largest absolute Gasteiger partial charge is 0.392 e. The number of nitrogens with zero attached hydrogens (tertiary/aromatic N) is 2. The fourth-order valence-corrected chi connectivity index (χ4v) is 3.07. The van der Waals surface area contributed by atoms with E-state index in [9.17, 15) is 9.90 Å². The first-order valence-electron chi connectivity index (χ1n) is 8.51. The Bertz CT molecular complexity index is 708. The van der Waals surface area contributed by atoms with Gasteiger partial charge in [-0.05, 0) is 18.1 Å². The van der Waals surface area contributed by atoms with E-state index in [2.05, 4.69) is 32.7 Å². The molecule has 0 aliphatic carbocycles. The van der Waals surface area contributed by atoms with Crippen molar-refractivity contribution in [1.82, 2.24) is 15.6 Å². The van der Waals surface area contributed by atoms with Gasteiger partial charge in [-0.3, -0.25) is 4.79 Å². The van der Waals surface area contributed by atoms with Gasteiger partial charge in [-0.15, -0.1) is 0 Å². The van der Waals surface area contributed by atoms with Crippen molar-refractivity contribution in [3.8, 4) is 0 Å². The molecule has 1 aliphatic heterocycles. The minimum Gasteiger partial charge on any atom is -0.392 e. The van der Waals surface area contributed by atoms with Crippen LogP contribution in [0.2, 0.25) is 0 Å². The van der Waals surface area contributed by atoms with Gasteiger partial charge in [0.1, 0.15) is 5.82 Å². The number of amides is 1. The second-order valence-corrected chi connectivity index (χ2v) is 6.40. The van der Waals surface area contributed by atoms with E-state index in [0.717, 1.165) is 17.9 Å². The molecule has 1 saturated heterocycles. The molecule has 2 aromatic rings. The number of hydrogen-bond donors (Lipinski definition) is 3. The number of rotatable bonds is 6. The number of carbonyl (C=O) groups is 1. The minimum absolute atomic E-state index is 0.0861. The van der Waals surface area contributed by atoms with Crippen LogP contribution in [0.3, 0.4) is 0 Å². The Morgan fingerprint density at radius 2 is 2.12 bits per heavy atom. The third-order valence-electron chi connectivity index (χ3n) is 4.37. The molecule has 2 atom stereocenters. The average Bonchev–Trinajstić information content (AvgIpc) is 3.07. The van der Waals surface area contributed by atoms with Crippen LogP contribution in [0.4, 0.5) is 5.82 Å². The van der Waals surface area contributed by atoms with Crippen molar-refractivity contribution in [1.29, 1.82) is 0 Å². The van der Waals surface area contributed by atoms with Gasteiger partial charge in [0.2, 0.25) is 5.91 Å². The van der Waals surface area contributed by atoms with Crippen LogP contribution in [0, 0.1) is 0 Å². The summed E-state index contributed by atoms with van der Waals surface area (Å²) in [4.78, 5) is 18.8. The summed E-state index contributed by atoms with van der Waals surface area (Å²) in [7, 11) is 2.00. The highest BCUT2D eigenvalue weighted by Gasteiger charge is 2.27. The van der Waals surface area contributed by atoms with Gasteiger partial charge in [0.15, 0.2) is 0 Å². The number of anilines is 1. The molecule has 1 aromatic heterocycles. The molecule has 1 amide bonds. The molecule has 0 bridgehead atoms. The van der Waals surface area contributed by atoms with E-state index >= 15 is 0 Å². The van der Waals surface area contributed by atoms with E-state index < -0.39 is 6.10 Å². The summed E-state index contributed by atoms with van der Waals surface area (Å²) >= 11 is 0. The first-order chi connectivity index (χ1) is 12.1. The van der Waals surface area contributed by atoms with Crippen LogP contribution in [0.5, 0.6) is 0 Å². The first-order valence-corrected chi connectivity index (χ1v) is 8.51. The SMILES string of the molecule is CN(Cc1ccccc1)c1ncccc1CNC(=O)[C@@H]1C[C@@H](O)CN1. The lowest BCUT2D eigenvalue weighted by atomic mass is 10.1. The van der Waals surface area contributed by atoms with Gasteiger partial charge in [-0.2, -0.15) is 0 Å². The highest BCUT2D eigenvalue weighted by Crippen LogP contribution is 2.18. The lowest BCUT2D eigenvalue weighted by molar-refractivity contribution is -0.123. The molecule has 0 spiro atoms. The van der Waals surface area contributed by atoms with E-state index in [0.29, 0.717) is 19.5 Å². The van der Waals surface area contributed by atoms with Crippen molar-refractivity contribution in [3.05, 3.63) is 59.8 Å². The maximum absolute atomic E-state index is 12.2. The van der Waals surface area contributed by atoms with Crippen molar-refractivity contribution < 1.29 is 9.90 Å². The maximum atomic E-state index is 12.2. The number of aliphatic hydroxyl groups excluding tert-OH is 1. The van der Waals surface area contributed by atoms with Crippen LogP contribution in [-0.2, 0) is 17.9 Å². The van der Waals surface area contributed by atoms with Crippen LogP contribution < -0.4 is 15.5 Å². The predicted molar refractivity (Wildman–Crippen MR) is 97.0 cm³/mol. The van der Waals surface area contributed by atoms with Crippen molar-refractivity contribution in [3.63, 3.8) is 0 Å². The molecule has 6 heteroatoms. The molecule has 1 aliphatic rings. The molecular formula is C19H24N4O2. The number of benzene rings is 1. The Morgan fingerprint density at radius 3 is 2.84 bits per heavy atom. The Balaban J connectivity index is 1.63. The van der Waals surface area contributed by atoms with E-state index in [1.165, 1.54) is 5.56 Å². The molecule has 0 radical (unpaired) electrons. The molecule has 2 heterocycles. The zero-order chi connectivity index (χ0) is 17.6. The predicted octanol–water partition coefficient (Wildman–Crippen LogP) is 1.06. The number of nitrogens with one attached hydrogen (secondary N) is 2. The second kappa shape index (κ2) is 8.09. The van der Waals surface area contributed by atoms with E-state index in [1.54, 1.807) is 6.20 Å². The van der Waals surface area contributed by atoms with Crippen molar-refractivity contribution >= 4 is 11.7 Å². The summed E-state index contributed by atoms with van der Waals surface area (Å²) < 4.78 is 0. The fraction of sp³-hybridized carbons (Fsp3) is 0.368. The number of pyridine rings is 1. The summed E-state index contributed by atoms with van der Waals surface area (Å²) in [5, 5.41) is 15.5. The topological polar surface area (TPSA) is 77.5 Å². The molecule has 0 saturated carbocycles. The molecular weight excluding hydrogens is 316 g/mol. The lowest BCUT2D eigenvalue weighted by Crippen LogP contribution is -2.40. The van der Waals surface area contributed by atoms with Crippen molar-refractivity contribution in [2.24, 2.45) is 0 Å². The van der Waals surface area contributed by atoms with Gasteiger partial charge in [-0.1, -0.05) is 36.4 Å². The Kier molecular flexibility index (Phi) is 5.63. The molecule has 132 valence electrons. The minimum atomic E-state index is -0.443. The number of carbonyl (C=O) groups excluding carboxylic acids is 1. The highest BCUT2D eigenvalue weighted by molar-refractivity contribution is 5.82. The molecule has 1 aromatic carbocycles. The molecule has 25 heavy (non-hydrogen) atoms. The lowest BCUT2D eigenvalue weighted by Gasteiger charge is -2.21. The zero-order valence-corrected chi connectivity index (χ0v) is 14.4. The zero-order valence-electron chi connectivity index (χ0n) is 14.4. The number of hydrogen-bond acceptors (Lipinski definition) is 5. The van der Waals surface area contributed by atoms with E-state index in [4.69, 9.17) is 0 Å². The van der Waals surface area contributed by atoms with E-state index in [1.807, 2.05) is 37.4 Å². The Labute approximate surface area is 147 Å². The third-order valence-corrected chi connectivity index (χ3v) is 4.37. The van der Waals surface area contributed by atoms with Gasteiger partial charge >= 0.3 is 0 Å². The maximum Gasteiger partial charge on any atom is 0.237 e. The first kappa shape index (κ1) is 17.4. The average molecular weight is 340 g/mol. The fourth-order valence-electron chi connectivity index (χ4n) is 3.07. The summed E-state index contributed by atoms with van der Waals surface area (Å²) in [5.74, 6) is 0.767. The van der Waals surface area contributed by atoms with Crippen LogP contribution in [0.15, 0.2) is 48.7 Å². The molecule has 0 unspecified atom stereocenters. The van der Waals surface area contributed by atoms with Gasteiger partial charge in [0.05, 0.1) is 12.1 Å².